The monoisotopic (exact) mass is 254 g/mol. The van der Waals surface area contributed by atoms with Gasteiger partial charge >= 0.3 is 7.82 Å². The molecular formula is C8H19N2O5P. The molecule has 0 spiro atoms. The van der Waals surface area contributed by atoms with Gasteiger partial charge in [0.15, 0.2) is 0 Å². The van der Waals surface area contributed by atoms with Crippen LogP contribution in [-0.2, 0) is 9.09 Å². The predicted molar refractivity (Wildman–Crippen MR) is 57.7 cm³/mol. The molecule has 0 aromatic rings. The number of β-amino-alcohol motifs (C(OH)–C–C–N with tert-alkyl or cyclic N) is 1. The molecule has 3 N–H and O–H groups in total. The summed E-state index contributed by atoms with van der Waals surface area (Å²) >= 11 is 0. The topological polar surface area (TPSA) is 93.5 Å². The van der Waals surface area contributed by atoms with Crippen molar-refractivity contribution in [3.05, 3.63) is 0 Å². The number of phosphoric acid groups is 1. The lowest BCUT2D eigenvalue weighted by Gasteiger charge is -2.37. The second kappa shape index (κ2) is 6.07. The van der Waals surface area contributed by atoms with Crippen LogP contribution in [0.3, 0.4) is 0 Å². The van der Waals surface area contributed by atoms with E-state index in [0.29, 0.717) is 19.6 Å². The summed E-state index contributed by atoms with van der Waals surface area (Å²) in [5.74, 6) is 0. The van der Waals surface area contributed by atoms with Crippen molar-refractivity contribution in [2.45, 2.75) is 13.2 Å². The zero-order chi connectivity index (χ0) is 12.2. The summed E-state index contributed by atoms with van der Waals surface area (Å²) in [5.41, 5.74) is 0. The Morgan fingerprint density at radius 1 is 1.31 bits per heavy atom. The second-order valence-corrected chi connectivity index (χ2v) is 4.99. The Labute approximate surface area is 94.9 Å². The van der Waals surface area contributed by atoms with Gasteiger partial charge in [0.25, 0.3) is 0 Å². The summed E-state index contributed by atoms with van der Waals surface area (Å²) in [4.78, 5) is 21.3. The molecule has 1 atom stereocenters. The summed E-state index contributed by atoms with van der Waals surface area (Å²) in [6.07, 6.45) is -0.586. The van der Waals surface area contributed by atoms with Gasteiger partial charge in [-0.3, -0.25) is 14.3 Å². The molecule has 0 aromatic heterocycles. The fraction of sp³-hybridized carbons (Fsp3) is 1.00. The molecule has 0 bridgehead atoms. The first-order chi connectivity index (χ1) is 7.42. The molecule has 1 unspecified atom stereocenters. The molecule has 8 heteroatoms. The largest absolute Gasteiger partial charge is 0.471 e. The Balaban J connectivity index is 2.33. The van der Waals surface area contributed by atoms with Crippen LogP contribution in [0.1, 0.15) is 6.92 Å². The number of hydrogen-bond donors (Lipinski definition) is 3. The fourth-order valence-corrected chi connectivity index (χ4v) is 2.29. The Morgan fingerprint density at radius 2 is 1.88 bits per heavy atom. The van der Waals surface area contributed by atoms with Gasteiger partial charge in [0.05, 0.1) is 6.61 Å². The third-order valence-corrected chi connectivity index (χ3v) is 3.21. The van der Waals surface area contributed by atoms with Gasteiger partial charge in [-0.25, -0.2) is 4.57 Å². The van der Waals surface area contributed by atoms with Crippen LogP contribution in [-0.4, -0.2) is 70.3 Å². The van der Waals surface area contributed by atoms with Gasteiger partial charge in [-0.15, -0.1) is 0 Å². The minimum absolute atomic E-state index is 0.133. The van der Waals surface area contributed by atoms with Crippen molar-refractivity contribution in [2.75, 3.05) is 39.3 Å². The second-order valence-electron chi connectivity index (χ2n) is 3.80. The highest BCUT2D eigenvalue weighted by Crippen LogP contribution is 2.38. The van der Waals surface area contributed by atoms with Crippen molar-refractivity contribution in [1.29, 1.82) is 0 Å². The van der Waals surface area contributed by atoms with E-state index in [2.05, 4.69) is 9.42 Å². The minimum atomic E-state index is -4.41. The lowest BCUT2D eigenvalue weighted by atomic mass is 10.3. The van der Waals surface area contributed by atoms with Crippen LogP contribution in [0.15, 0.2) is 0 Å². The number of nitrogens with zero attached hydrogens (tertiary/aromatic N) is 2. The lowest BCUT2D eigenvalue weighted by Crippen LogP contribution is -2.50. The number of aliphatic hydroxyl groups is 1. The Hall–Kier alpha value is -0.0100. The number of rotatable bonds is 5. The molecule has 1 aliphatic heterocycles. The molecule has 1 saturated heterocycles. The smallest absolute Gasteiger partial charge is 0.395 e. The molecule has 0 saturated carbocycles. The maximum Gasteiger partial charge on any atom is 0.471 e. The molecule has 0 amide bonds. The maximum atomic E-state index is 10.7. The molecule has 1 rings (SSSR count). The van der Waals surface area contributed by atoms with E-state index in [0.717, 1.165) is 13.1 Å². The Morgan fingerprint density at radius 3 is 2.31 bits per heavy atom. The summed E-state index contributed by atoms with van der Waals surface area (Å²) in [6.45, 7) is 5.31. The van der Waals surface area contributed by atoms with E-state index in [4.69, 9.17) is 14.9 Å². The quantitative estimate of drug-likeness (QED) is 0.545. The zero-order valence-corrected chi connectivity index (χ0v) is 10.2. The van der Waals surface area contributed by atoms with Crippen LogP contribution in [0.2, 0.25) is 0 Å². The standard InChI is InChI=1S/C8H19N2O5P/c1-8(15-16(12,13)14)10-4-2-9(3-5-10)6-7-11/h8,11H,2-7H2,1H3,(H2,12,13,14). The van der Waals surface area contributed by atoms with Gasteiger partial charge in [0.2, 0.25) is 0 Å². The molecule has 7 nitrogen and oxygen atoms in total. The fourth-order valence-electron chi connectivity index (χ4n) is 1.76. The van der Waals surface area contributed by atoms with Gasteiger partial charge in [0, 0.05) is 32.7 Å². The molecule has 0 radical (unpaired) electrons. The van der Waals surface area contributed by atoms with Crippen molar-refractivity contribution in [3.63, 3.8) is 0 Å². The highest BCUT2D eigenvalue weighted by Gasteiger charge is 2.26. The van der Waals surface area contributed by atoms with Crippen LogP contribution in [0.4, 0.5) is 0 Å². The highest BCUT2D eigenvalue weighted by molar-refractivity contribution is 7.46. The van der Waals surface area contributed by atoms with Crippen molar-refractivity contribution in [1.82, 2.24) is 9.80 Å². The van der Waals surface area contributed by atoms with Crippen molar-refractivity contribution in [2.24, 2.45) is 0 Å². The van der Waals surface area contributed by atoms with Crippen molar-refractivity contribution >= 4 is 7.82 Å². The molecule has 1 aliphatic rings. The van der Waals surface area contributed by atoms with Gasteiger partial charge < -0.3 is 14.9 Å². The summed E-state index contributed by atoms with van der Waals surface area (Å²) in [6, 6.07) is 0. The van der Waals surface area contributed by atoms with Crippen molar-refractivity contribution in [3.8, 4) is 0 Å². The van der Waals surface area contributed by atoms with Crippen LogP contribution < -0.4 is 0 Å². The third kappa shape index (κ3) is 4.88. The third-order valence-electron chi connectivity index (χ3n) is 2.63. The first-order valence-electron chi connectivity index (χ1n) is 5.23. The SMILES string of the molecule is CC(OP(=O)(O)O)N1CCN(CCO)CC1. The summed E-state index contributed by atoms with van der Waals surface area (Å²) in [5, 5.41) is 8.76. The zero-order valence-electron chi connectivity index (χ0n) is 9.32. The van der Waals surface area contributed by atoms with E-state index in [9.17, 15) is 4.57 Å². The first-order valence-corrected chi connectivity index (χ1v) is 6.76. The van der Waals surface area contributed by atoms with Gasteiger partial charge in [-0.05, 0) is 6.92 Å². The molecule has 1 heterocycles. The summed E-state index contributed by atoms with van der Waals surface area (Å²) in [7, 11) is -4.41. The van der Waals surface area contributed by atoms with E-state index >= 15 is 0 Å². The lowest BCUT2D eigenvalue weighted by molar-refractivity contribution is -0.0141. The van der Waals surface area contributed by atoms with Crippen LogP contribution >= 0.6 is 7.82 Å². The number of phosphoric ester groups is 1. The van der Waals surface area contributed by atoms with Gasteiger partial charge in [-0.1, -0.05) is 0 Å². The van der Waals surface area contributed by atoms with Crippen molar-refractivity contribution < 1.29 is 24.0 Å². The number of aliphatic hydroxyl groups excluding tert-OH is 1. The van der Waals surface area contributed by atoms with Crippen LogP contribution in [0.5, 0.6) is 0 Å². The summed E-state index contributed by atoms with van der Waals surface area (Å²) < 4.78 is 15.3. The molecule has 16 heavy (non-hydrogen) atoms. The van der Waals surface area contributed by atoms with Gasteiger partial charge in [-0.2, -0.15) is 0 Å². The minimum Gasteiger partial charge on any atom is -0.395 e. The first kappa shape index (κ1) is 14.1. The normalized spacial score (nSPS) is 22.2. The Bertz CT molecular complexity index is 251. The predicted octanol–water partition coefficient (Wildman–Crippen LogP) is -0.948. The van der Waals surface area contributed by atoms with E-state index in [1.165, 1.54) is 0 Å². The van der Waals surface area contributed by atoms with E-state index in [1.807, 2.05) is 4.90 Å². The van der Waals surface area contributed by atoms with E-state index < -0.39 is 14.1 Å². The molecular weight excluding hydrogens is 235 g/mol. The number of hydrogen-bond acceptors (Lipinski definition) is 5. The Kier molecular flexibility index (Phi) is 5.33. The van der Waals surface area contributed by atoms with E-state index in [-0.39, 0.29) is 6.61 Å². The van der Waals surface area contributed by atoms with Crippen LogP contribution in [0, 0.1) is 0 Å². The average Bonchev–Trinajstić information content (AvgIpc) is 2.16. The van der Waals surface area contributed by atoms with Crippen LogP contribution in [0.25, 0.3) is 0 Å². The van der Waals surface area contributed by atoms with E-state index in [1.54, 1.807) is 6.92 Å². The average molecular weight is 254 g/mol. The maximum absolute atomic E-state index is 10.7. The molecule has 1 fully saturated rings. The highest BCUT2D eigenvalue weighted by atomic mass is 31.2. The molecule has 0 aromatic carbocycles. The van der Waals surface area contributed by atoms with Gasteiger partial charge in [0.1, 0.15) is 6.23 Å². The number of piperazine rings is 1. The molecule has 0 aliphatic carbocycles. The molecule has 96 valence electrons.